The van der Waals surface area contributed by atoms with Crippen LogP contribution in [0, 0.1) is 0 Å². The van der Waals surface area contributed by atoms with Crippen LogP contribution in [0.3, 0.4) is 0 Å². The van der Waals surface area contributed by atoms with Gasteiger partial charge in [0.25, 0.3) is 5.91 Å². The summed E-state index contributed by atoms with van der Waals surface area (Å²) in [6.07, 6.45) is 2.73. The molecule has 76 valence electrons. The SMILES string of the molecule is COC(=O)CN(C)C(=O)c1ccoc1. The van der Waals surface area contributed by atoms with Crippen molar-refractivity contribution in [2.24, 2.45) is 0 Å². The molecule has 0 fully saturated rings. The number of amides is 1. The first-order chi connectivity index (χ1) is 6.65. The molecular weight excluding hydrogens is 186 g/mol. The van der Waals surface area contributed by atoms with Gasteiger partial charge in [-0.1, -0.05) is 0 Å². The van der Waals surface area contributed by atoms with Crippen LogP contribution in [0.25, 0.3) is 0 Å². The molecule has 1 aromatic heterocycles. The fourth-order valence-electron chi connectivity index (χ4n) is 0.937. The molecule has 5 heteroatoms. The lowest BCUT2D eigenvalue weighted by atomic mass is 10.3. The van der Waals surface area contributed by atoms with E-state index in [0.717, 1.165) is 0 Å². The minimum Gasteiger partial charge on any atom is -0.472 e. The number of hydrogen-bond donors (Lipinski definition) is 0. The lowest BCUT2D eigenvalue weighted by Gasteiger charge is -2.13. The van der Waals surface area contributed by atoms with Gasteiger partial charge in [0.15, 0.2) is 0 Å². The van der Waals surface area contributed by atoms with Crippen molar-refractivity contribution in [1.82, 2.24) is 4.90 Å². The molecule has 1 aromatic rings. The van der Waals surface area contributed by atoms with Gasteiger partial charge in [0.1, 0.15) is 12.8 Å². The molecule has 0 aliphatic carbocycles. The average Bonchev–Trinajstić information content (AvgIpc) is 2.69. The van der Waals surface area contributed by atoms with Gasteiger partial charge >= 0.3 is 5.97 Å². The van der Waals surface area contributed by atoms with Crippen LogP contribution >= 0.6 is 0 Å². The minimum atomic E-state index is -0.454. The summed E-state index contributed by atoms with van der Waals surface area (Å²) in [6, 6.07) is 1.54. The van der Waals surface area contributed by atoms with E-state index in [2.05, 4.69) is 4.74 Å². The van der Waals surface area contributed by atoms with Gasteiger partial charge in [0.2, 0.25) is 0 Å². The zero-order valence-electron chi connectivity index (χ0n) is 8.02. The molecule has 1 rings (SSSR count). The van der Waals surface area contributed by atoms with Crippen molar-refractivity contribution in [2.45, 2.75) is 0 Å². The molecule has 0 aromatic carbocycles. The molecular formula is C9H11NO4. The topological polar surface area (TPSA) is 59.8 Å². The van der Waals surface area contributed by atoms with Crippen LogP contribution in [-0.4, -0.2) is 37.5 Å². The van der Waals surface area contributed by atoms with E-state index in [1.807, 2.05) is 0 Å². The second-order valence-electron chi connectivity index (χ2n) is 2.75. The maximum atomic E-state index is 11.5. The van der Waals surface area contributed by atoms with Crippen LogP contribution in [0.1, 0.15) is 10.4 Å². The maximum Gasteiger partial charge on any atom is 0.325 e. The number of nitrogens with zero attached hydrogens (tertiary/aromatic N) is 1. The van der Waals surface area contributed by atoms with E-state index >= 15 is 0 Å². The van der Waals surface area contributed by atoms with Gasteiger partial charge in [-0.3, -0.25) is 9.59 Å². The Balaban J connectivity index is 2.58. The normalized spacial score (nSPS) is 9.57. The number of carbonyl (C=O) groups is 2. The van der Waals surface area contributed by atoms with Crippen molar-refractivity contribution >= 4 is 11.9 Å². The summed E-state index contributed by atoms with van der Waals surface area (Å²) >= 11 is 0. The fraction of sp³-hybridized carbons (Fsp3) is 0.333. The van der Waals surface area contributed by atoms with E-state index in [4.69, 9.17) is 4.42 Å². The van der Waals surface area contributed by atoms with Gasteiger partial charge in [-0.05, 0) is 6.07 Å². The Labute approximate surface area is 81.2 Å². The number of ether oxygens (including phenoxy) is 1. The minimum absolute atomic E-state index is 0.0689. The van der Waals surface area contributed by atoms with Gasteiger partial charge in [0, 0.05) is 7.05 Å². The van der Waals surface area contributed by atoms with Crippen molar-refractivity contribution in [3.63, 3.8) is 0 Å². The van der Waals surface area contributed by atoms with E-state index in [1.165, 1.54) is 37.7 Å². The molecule has 0 spiro atoms. The van der Waals surface area contributed by atoms with E-state index in [0.29, 0.717) is 5.56 Å². The number of rotatable bonds is 3. The molecule has 1 amide bonds. The zero-order valence-corrected chi connectivity index (χ0v) is 8.02. The summed E-state index contributed by atoms with van der Waals surface area (Å²) < 4.78 is 9.19. The fourth-order valence-corrected chi connectivity index (χ4v) is 0.937. The van der Waals surface area contributed by atoms with Crippen LogP contribution < -0.4 is 0 Å². The van der Waals surface area contributed by atoms with Crippen LogP contribution in [-0.2, 0) is 9.53 Å². The lowest BCUT2D eigenvalue weighted by Crippen LogP contribution is -2.32. The Hall–Kier alpha value is -1.78. The number of methoxy groups -OCH3 is 1. The monoisotopic (exact) mass is 197 g/mol. The number of hydrogen-bond acceptors (Lipinski definition) is 4. The molecule has 0 saturated carbocycles. The Morgan fingerprint density at radius 2 is 2.29 bits per heavy atom. The van der Waals surface area contributed by atoms with Gasteiger partial charge in [-0.2, -0.15) is 0 Å². The molecule has 0 radical (unpaired) electrons. The summed E-state index contributed by atoms with van der Waals surface area (Å²) in [5.74, 6) is -0.728. The Bertz CT molecular complexity index is 318. The number of likely N-dealkylation sites (N-methyl/N-ethyl adjacent to an activating group) is 1. The molecule has 0 bridgehead atoms. The summed E-state index contributed by atoms with van der Waals surface area (Å²) in [7, 11) is 2.80. The number of furan rings is 1. The predicted octanol–water partition coefficient (Wildman–Crippen LogP) is 0.525. The zero-order chi connectivity index (χ0) is 10.6. The largest absolute Gasteiger partial charge is 0.472 e. The highest BCUT2D eigenvalue weighted by molar-refractivity contribution is 5.95. The molecule has 0 N–H and O–H groups in total. The highest BCUT2D eigenvalue weighted by Crippen LogP contribution is 2.03. The van der Waals surface area contributed by atoms with Crippen molar-refractivity contribution < 1.29 is 18.7 Å². The van der Waals surface area contributed by atoms with Gasteiger partial charge in [0.05, 0.1) is 18.9 Å². The highest BCUT2D eigenvalue weighted by atomic mass is 16.5. The molecule has 14 heavy (non-hydrogen) atoms. The second-order valence-corrected chi connectivity index (χ2v) is 2.75. The Morgan fingerprint density at radius 3 is 2.79 bits per heavy atom. The van der Waals surface area contributed by atoms with E-state index in [1.54, 1.807) is 0 Å². The second kappa shape index (κ2) is 4.45. The smallest absolute Gasteiger partial charge is 0.325 e. The summed E-state index contributed by atoms with van der Waals surface area (Å²) in [5.41, 5.74) is 0.413. The van der Waals surface area contributed by atoms with Gasteiger partial charge in [-0.15, -0.1) is 0 Å². The molecule has 1 heterocycles. The van der Waals surface area contributed by atoms with Crippen LogP contribution in [0.2, 0.25) is 0 Å². The first-order valence-electron chi connectivity index (χ1n) is 3.99. The van der Waals surface area contributed by atoms with Crippen molar-refractivity contribution in [1.29, 1.82) is 0 Å². The van der Waals surface area contributed by atoms with E-state index < -0.39 is 5.97 Å². The van der Waals surface area contributed by atoms with Gasteiger partial charge in [-0.25, -0.2) is 0 Å². The average molecular weight is 197 g/mol. The molecule has 5 nitrogen and oxygen atoms in total. The third-order valence-electron chi connectivity index (χ3n) is 1.71. The molecule has 0 atom stereocenters. The van der Waals surface area contributed by atoms with E-state index in [9.17, 15) is 9.59 Å². The van der Waals surface area contributed by atoms with Crippen LogP contribution in [0.4, 0.5) is 0 Å². The van der Waals surface area contributed by atoms with Crippen LogP contribution in [0.15, 0.2) is 23.0 Å². The summed E-state index contributed by atoms with van der Waals surface area (Å²) in [5, 5.41) is 0. The maximum absolute atomic E-state index is 11.5. The van der Waals surface area contributed by atoms with E-state index in [-0.39, 0.29) is 12.5 Å². The molecule has 0 unspecified atom stereocenters. The summed E-state index contributed by atoms with van der Waals surface area (Å²) in [6.45, 7) is -0.0689. The lowest BCUT2D eigenvalue weighted by molar-refractivity contribution is -0.141. The summed E-state index contributed by atoms with van der Waals surface area (Å²) in [4.78, 5) is 23.6. The predicted molar refractivity (Wildman–Crippen MR) is 47.7 cm³/mol. The number of esters is 1. The third kappa shape index (κ3) is 2.35. The number of carbonyl (C=O) groups excluding carboxylic acids is 2. The third-order valence-corrected chi connectivity index (χ3v) is 1.71. The van der Waals surface area contributed by atoms with Gasteiger partial charge < -0.3 is 14.1 Å². The standard InChI is InChI=1S/C9H11NO4/c1-10(5-8(11)13-2)9(12)7-3-4-14-6-7/h3-4,6H,5H2,1-2H3. The first-order valence-corrected chi connectivity index (χ1v) is 3.99. The molecule has 0 aliphatic rings. The molecule has 0 saturated heterocycles. The van der Waals surface area contributed by atoms with Crippen LogP contribution in [0.5, 0.6) is 0 Å². The van der Waals surface area contributed by atoms with Crippen molar-refractivity contribution in [3.05, 3.63) is 24.2 Å². The Morgan fingerprint density at radius 1 is 1.57 bits per heavy atom. The molecule has 0 aliphatic heterocycles. The van der Waals surface area contributed by atoms with Crippen molar-refractivity contribution in [2.75, 3.05) is 20.7 Å². The highest BCUT2D eigenvalue weighted by Gasteiger charge is 2.15. The van der Waals surface area contributed by atoms with Crippen molar-refractivity contribution in [3.8, 4) is 0 Å². The Kier molecular flexibility index (Phi) is 3.28. The first kappa shape index (κ1) is 10.3. The quantitative estimate of drug-likeness (QED) is 0.663.